The zero-order valence-electron chi connectivity index (χ0n) is 19.2. The Bertz CT molecular complexity index is 1040. The molecular formula is C25H34N6O. The van der Waals surface area contributed by atoms with Gasteiger partial charge in [-0.3, -0.25) is 4.90 Å². The van der Waals surface area contributed by atoms with E-state index in [9.17, 15) is 0 Å². The number of aliphatic imine (C=N–C) groups is 1. The third-order valence-corrected chi connectivity index (χ3v) is 5.77. The van der Waals surface area contributed by atoms with Crippen LogP contribution in [0.25, 0.3) is 5.65 Å². The monoisotopic (exact) mass is 434 g/mol. The van der Waals surface area contributed by atoms with E-state index in [0.29, 0.717) is 6.54 Å². The summed E-state index contributed by atoms with van der Waals surface area (Å²) >= 11 is 0. The van der Waals surface area contributed by atoms with Crippen molar-refractivity contribution < 1.29 is 4.74 Å². The van der Waals surface area contributed by atoms with Crippen LogP contribution in [0.5, 0.6) is 0 Å². The molecule has 1 aromatic carbocycles. The third kappa shape index (κ3) is 5.87. The number of aromatic nitrogens is 2. The van der Waals surface area contributed by atoms with Crippen LogP contribution < -0.4 is 10.6 Å². The van der Waals surface area contributed by atoms with Gasteiger partial charge in [0.25, 0.3) is 0 Å². The molecule has 1 saturated heterocycles. The van der Waals surface area contributed by atoms with Crippen LogP contribution in [0.4, 0.5) is 0 Å². The molecule has 3 aromatic rings. The number of pyridine rings is 1. The molecule has 2 aromatic heterocycles. The van der Waals surface area contributed by atoms with Gasteiger partial charge in [-0.05, 0) is 36.6 Å². The molecule has 0 radical (unpaired) electrons. The molecule has 0 saturated carbocycles. The Balaban J connectivity index is 1.36. The maximum absolute atomic E-state index is 5.48. The van der Waals surface area contributed by atoms with Crippen molar-refractivity contribution in [1.29, 1.82) is 0 Å². The minimum atomic E-state index is 0.656. The highest BCUT2D eigenvalue weighted by Gasteiger charge is 2.12. The third-order valence-electron chi connectivity index (χ3n) is 5.77. The largest absolute Gasteiger partial charge is 0.379 e. The molecule has 0 aliphatic carbocycles. The first-order valence-corrected chi connectivity index (χ1v) is 11.5. The van der Waals surface area contributed by atoms with Crippen LogP contribution in [0.2, 0.25) is 0 Å². The minimum Gasteiger partial charge on any atom is -0.379 e. The van der Waals surface area contributed by atoms with E-state index >= 15 is 0 Å². The lowest BCUT2D eigenvalue weighted by molar-refractivity contribution is 0.0341. The van der Waals surface area contributed by atoms with E-state index < -0.39 is 0 Å². The fourth-order valence-electron chi connectivity index (χ4n) is 4.01. The lowest BCUT2D eigenvalue weighted by Crippen LogP contribution is -2.38. The fourth-order valence-corrected chi connectivity index (χ4v) is 4.01. The summed E-state index contributed by atoms with van der Waals surface area (Å²) in [6, 6.07) is 12.8. The summed E-state index contributed by atoms with van der Waals surface area (Å²) in [7, 11) is 0. The number of aryl methyl sites for hydroxylation is 1. The second kappa shape index (κ2) is 11.1. The van der Waals surface area contributed by atoms with Gasteiger partial charge in [-0.15, -0.1) is 0 Å². The van der Waals surface area contributed by atoms with Crippen LogP contribution in [-0.2, 0) is 24.2 Å². The summed E-state index contributed by atoms with van der Waals surface area (Å²) in [4.78, 5) is 12.1. The average Bonchev–Trinajstić information content (AvgIpc) is 3.23. The smallest absolute Gasteiger partial charge is 0.191 e. The predicted octanol–water partition coefficient (Wildman–Crippen LogP) is 2.77. The van der Waals surface area contributed by atoms with Gasteiger partial charge in [0.1, 0.15) is 5.65 Å². The molecule has 4 rings (SSSR count). The highest BCUT2D eigenvalue weighted by Crippen LogP contribution is 2.14. The molecule has 1 aliphatic rings. The van der Waals surface area contributed by atoms with Crippen molar-refractivity contribution in [3.05, 3.63) is 71.2 Å². The van der Waals surface area contributed by atoms with Crippen LogP contribution in [0.1, 0.15) is 29.3 Å². The lowest BCUT2D eigenvalue weighted by Gasteiger charge is -2.27. The summed E-state index contributed by atoms with van der Waals surface area (Å²) in [5, 5.41) is 6.82. The van der Waals surface area contributed by atoms with Crippen LogP contribution in [0, 0.1) is 6.92 Å². The fraction of sp³-hybridized carbons (Fsp3) is 0.440. The molecule has 170 valence electrons. The molecule has 0 unspecified atom stereocenters. The number of ether oxygens (including phenoxy) is 1. The molecule has 0 atom stereocenters. The zero-order valence-corrected chi connectivity index (χ0v) is 19.2. The standard InChI is InChI=1S/C25H34N6O/c1-3-26-25(27-11-10-23-19-31-12-6-7-20(2)24(31)29-23)28-17-21-8-4-5-9-22(21)18-30-13-15-32-16-14-30/h4-9,12,19H,3,10-11,13-18H2,1-2H3,(H2,26,27,28). The Kier molecular flexibility index (Phi) is 7.74. The average molecular weight is 435 g/mol. The van der Waals surface area contributed by atoms with Crippen LogP contribution >= 0.6 is 0 Å². The summed E-state index contributed by atoms with van der Waals surface area (Å²) in [5.41, 5.74) is 5.91. The number of morpholine rings is 1. The van der Waals surface area contributed by atoms with Gasteiger partial charge < -0.3 is 19.8 Å². The number of rotatable bonds is 8. The highest BCUT2D eigenvalue weighted by atomic mass is 16.5. The Labute approximate surface area is 190 Å². The second-order valence-corrected chi connectivity index (χ2v) is 8.18. The van der Waals surface area contributed by atoms with E-state index in [1.807, 2.05) is 6.20 Å². The van der Waals surface area contributed by atoms with E-state index in [4.69, 9.17) is 14.7 Å². The van der Waals surface area contributed by atoms with Crippen molar-refractivity contribution in [2.75, 3.05) is 39.4 Å². The van der Waals surface area contributed by atoms with Crippen molar-refractivity contribution in [1.82, 2.24) is 24.9 Å². The number of nitrogens with zero attached hydrogens (tertiary/aromatic N) is 4. The van der Waals surface area contributed by atoms with Gasteiger partial charge in [-0.25, -0.2) is 9.98 Å². The number of imidazole rings is 1. The summed E-state index contributed by atoms with van der Waals surface area (Å²) in [6.07, 6.45) is 5.00. The molecule has 1 aliphatic heterocycles. The van der Waals surface area contributed by atoms with Crippen LogP contribution in [0.3, 0.4) is 0 Å². The van der Waals surface area contributed by atoms with Gasteiger partial charge in [0.15, 0.2) is 5.96 Å². The van der Waals surface area contributed by atoms with Crippen molar-refractivity contribution in [2.24, 2.45) is 4.99 Å². The number of nitrogens with one attached hydrogen (secondary N) is 2. The van der Waals surface area contributed by atoms with E-state index in [1.165, 1.54) is 16.7 Å². The maximum atomic E-state index is 5.48. The van der Waals surface area contributed by atoms with Crippen molar-refractivity contribution >= 4 is 11.6 Å². The van der Waals surface area contributed by atoms with Crippen molar-refractivity contribution in [2.45, 2.75) is 33.4 Å². The summed E-state index contributed by atoms with van der Waals surface area (Å²) in [5.74, 6) is 0.841. The first-order valence-electron chi connectivity index (χ1n) is 11.5. The van der Waals surface area contributed by atoms with E-state index in [1.54, 1.807) is 0 Å². The highest BCUT2D eigenvalue weighted by molar-refractivity contribution is 5.79. The van der Waals surface area contributed by atoms with Crippen LogP contribution in [0.15, 0.2) is 53.8 Å². The van der Waals surface area contributed by atoms with Crippen molar-refractivity contribution in [3.8, 4) is 0 Å². The van der Waals surface area contributed by atoms with E-state index in [0.717, 1.165) is 69.7 Å². The maximum Gasteiger partial charge on any atom is 0.191 e. The van der Waals surface area contributed by atoms with Gasteiger partial charge in [0.05, 0.1) is 25.5 Å². The van der Waals surface area contributed by atoms with E-state index in [2.05, 4.69) is 76.4 Å². The Morgan fingerprint density at radius 1 is 1.09 bits per heavy atom. The Morgan fingerprint density at radius 2 is 1.91 bits per heavy atom. The summed E-state index contributed by atoms with van der Waals surface area (Å²) in [6.45, 7) is 11.0. The Hall–Kier alpha value is -2.90. The van der Waals surface area contributed by atoms with Gasteiger partial charge in [-0.2, -0.15) is 0 Å². The van der Waals surface area contributed by atoms with Gasteiger partial charge >= 0.3 is 0 Å². The first-order chi connectivity index (χ1) is 15.7. The first kappa shape index (κ1) is 22.3. The number of fused-ring (bicyclic) bond motifs is 1. The molecule has 2 N–H and O–H groups in total. The van der Waals surface area contributed by atoms with Gasteiger partial charge in [-0.1, -0.05) is 30.3 Å². The van der Waals surface area contributed by atoms with Crippen LogP contribution in [-0.4, -0.2) is 59.6 Å². The quantitative estimate of drug-likeness (QED) is 0.422. The zero-order chi connectivity index (χ0) is 22.2. The SMILES string of the molecule is CCNC(=NCc1ccccc1CN1CCOCC1)NCCc1cn2cccc(C)c2n1. The number of hydrogen-bond donors (Lipinski definition) is 2. The second-order valence-electron chi connectivity index (χ2n) is 8.18. The number of benzene rings is 1. The summed E-state index contributed by atoms with van der Waals surface area (Å²) < 4.78 is 7.57. The number of hydrogen-bond acceptors (Lipinski definition) is 4. The molecule has 1 fully saturated rings. The van der Waals surface area contributed by atoms with Gasteiger partial charge in [0.2, 0.25) is 0 Å². The predicted molar refractivity (Wildman–Crippen MR) is 129 cm³/mol. The number of guanidine groups is 1. The Morgan fingerprint density at radius 3 is 2.69 bits per heavy atom. The normalized spacial score (nSPS) is 15.2. The topological polar surface area (TPSA) is 66.2 Å². The molecule has 7 heteroatoms. The molecule has 7 nitrogen and oxygen atoms in total. The molecular weight excluding hydrogens is 400 g/mol. The minimum absolute atomic E-state index is 0.656. The molecule has 0 bridgehead atoms. The molecule has 0 spiro atoms. The molecule has 32 heavy (non-hydrogen) atoms. The molecule has 0 amide bonds. The van der Waals surface area contributed by atoms with Gasteiger partial charge in [0, 0.05) is 51.5 Å². The lowest BCUT2D eigenvalue weighted by atomic mass is 10.1. The van der Waals surface area contributed by atoms with E-state index in [-0.39, 0.29) is 0 Å². The van der Waals surface area contributed by atoms with Crippen molar-refractivity contribution in [3.63, 3.8) is 0 Å². The molecule has 3 heterocycles.